The van der Waals surface area contributed by atoms with Crippen LogP contribution in [0.25, 0.3) is 0 Å². The quantitative estimate of drug-likeness (QED) is 0.458. The number of carbonyl (C=O) groups excluding carboxylic acids is 4. The Bertz CT molecular complexity index is 1130. The Kier molecular flexibility index (Phi) is 10.9. The van der Waals surface area contributed by atoms with Crippen molar-refractivity contribution < 1.29 is 28.7 Å². The predicted molar refractivity (Wildman–Crippen MR) is 144 cm³/mol. The van der Waals surface area contributed by atoms with Gasteiger partial charge in [-0.3, -0.25) is 14.4 Å². The first kappa shape index (κ1) is 30.3. The number of hydrogen-bond donors (Lipinski definition) is 2. The number of ether oxygens (including phenoxy) is 2. The minimum absolute atomic E-state index is 0.170. The molecule has 0 aliphatic rings. The van der Waals surface area contributed by atoms with Crippen LogP contribution < -0.4 is 10.6 Å². The second-order valence-corrected chi connectivity index (χ2v) is 10.00. The zero-order chi connectivity index (χ0) is 28.5. The number of nitrogens with zero attached hydrogens (tertiary/aromatic N) is 1. The summed E-state index contributed by atoms with van der Waals surface area (Å²) in [4.78, 5) is 53.4. The topological polar surface area (TPSA) is 114 Å². The number of hydrogen-bond acceptors (Lipinski definition) is 6. The number of methoxy groups -OCH3 is 1. The van der Waals surface area contributed by atoms with E-state index >= 15 is 0 Å². The Morgan fingerprint density at radius 3 is 2.21 bits per heavy atom. The van der Waals surface area contributed by atoms with Crippen molar-refractivity contribution in [3.63, 3.8) is 0 Å². The van der Waals surface area contributed by atoms with E-state index in [9.17, 15) is 19.2 Å². The number of alkyl carbamates (subject to hydrolysis) is 1. The first-order valence-corrected chi connectivity index (χ1v) is 12.6. The van der Waals surface area contributed by atoms with Crippen molar-refractivity contribution in [1.29, 1.82) is 0 Å². The summed E-state index contributed by atoms with van der Waals surface area (Å²) in [6.45, 7) is 10.6. The molecule has 0 spiro atoms. The molecule has 2 unspecified atom stereocenters. The van der Waals surface area contributed by atoms with Crippen LogP contribution in [0.3, 0.4) is 0 Å². The standard InChI is InChI=1S/C29H39N3O6/c1-8-32(25(26(34)30-18-24(33)37-7)22-16-12-13-19(2)20(22)3)27(35)23(17-21-14-10-9-11-15-21)31-28(36)38-29(4,5)6/h9-16,23,25H,8,17-18H2,1-7H3,(H,30,34)(H,31,36). The third-order valence-electron chi connectivity index (χ3n) is 6.03. The molecule has 0 aliphatic heterocycles. The second-order valence-electron chi connectivity index (χ2n) is 10.00. The number of aryl methyl sites for hydroxylation is 1. The maximum atomic E-state index is 14.1. The Balaban J connectivity index is 2.51. The second kappa shape index (κ2) is 13.6. The van der Waals surface area contributed by atoms with Gasteiger partial charge in [-0.25, -0.2) is 4.79 Å². The summed E-state index contributed by atoms with van der Waals surface area (Å²) in [5.41, 5.74) is 2.49. The van der Waals surface area contributed by atoms with Gasteiger partial charge in [0.1, 0.15) is 24.2 Å². The van der Waals surface area contributed by atoms with Gasteiger partial charge in [-0.2, -0.15) is 0 Å². The Morgan fingerprint density at radius 2 is 1.63 bits per heavy atom. The average molecular weight is 526 g/mol. The zero-order valence-corrected chi connectivity index (χ0v) is 23.3. The minimum Gasteiger partial charge on any atom is -0.468 e. The molecule has 2 aromatic rings. The molecule has 2 N–H and O–H groups in total. The minimum atomic E-state index is -1.05. The van der Waals surface area contributed by atoms with E-state index in [2.05, 4.69) is 15.4 Å². The summed E-state index contributed by atoms with van der Waals surface area (Å²) in [6, 6.07) is 12.7. The monoisotopic (exact) mass is 525 g/mol. The van der Waals surface area contributed by atoms with Crippen LogP contribution in [0, 0.1) is 13.8 Å². The van der Waals surface area contributed by atoms with Crippen LogP contribution >= 0.6 is 0 Å². The van der Waals surface area contributed by atoms with Crippen molar-refractivity contribution >= 4 is 23.9 Å². The van der Waals surface area contributed by atoms with Gasteiger partial charge in [-0.05, 0) is 63.8 Å². The third kappa shape index (κ3) is 8.61. The lowest BCUT2D eigenvalue weighted by molar-refractivity contribution is -0.144. The lowest BCUT2D eigenvalue weighted by Gasteiger charge is -2.34. The van der Waals surface area contributed by atoms with Gasteiger partial charge in [0.25, 0.3) is 0 Å². The number of benzene rings is 2. The maximum Gasteiger partial charge on any atom is 0.408 e. The summed E-state index contributed by atoms with van der Waals surface area (Å²) in [7, 11) is 1.23. The smallest absolute Gasteiger partial charge is 0.408 e. The highest BCUT2D eigenvalue weighted by Gasteiger charge is 2.36. The van der Waals surface area contributed by atoms with Crippen molar-refractivity contribution in [1.82, 2.24) is 15.5 Å². The molecule has 206 valence electrons. The van der Waals surface area contributed by atoms with Crippen molar-refractivity contribution in [2.24, 2.45) is 0 Å². The number of nitrogens with one attached hydrogen (secondary N) is 2. The molecule has 0 radical (unpaired) electrons. The molecule has 0 bridgehead atoms. The molecule has 0 fully saturated rings. The Morgan fingerprint density at radius 1 is 0.974 bits per heavy atom. The van der Waals surface area contributed by atoms with Crippen molar-refractivity contribution in [2.45, 2.75) is 65.6 Å². The molecule has 0 aromatic heterocycles. The first-order chi connectivity index (χ1) is 17.9. The van der Waals surface area contributed by atoms with E-state index in [-0.39, 0.29) is 19.5 Å². The average Bonchev–Trinajstić information content (AvgIpc) is 2.86. The molecule has 0 saturated heterocycles. The highest BCUT2D eigenvalue weighted by Crippen LogP contribution is 2.27. The number of rotatable bonds is 10. The van der Waals surface area contributed by atoms with Gasteiger partial charge < -0.3 is 25.0 Å². The molecule has 0 heterocycles. The van der Waals surface area contributed by atoms with Crippen molar-refractivity contribution in [2.75, 3.05) is 20.2 Å². The molecule has 9 heteroatoms. The highest BCUT2D eigenvalue weighted by atomic mass is 16.6. The van der Waals surface area contributed by atoms with Crippen LogP contribution in [0.4, 0.5) is 4.79 Å². The molecular weight excluding hydrogens is 486 g/mol. The van der Waals surface area contributed by atoms with Gasteiger partial charge in [0.2, 0.25) is 11.8 Å². The van der Waals surface area contributed by atoms with Crippen LogP contribution in [0.15, 0.2) is 48.5 Å². The molecule has 0 aliphatic carbocycles. The third-order valence-corrected chi connectivity index (χ3v) is 6.03. The summed E-state index contributed by atoms with van der Waals surface area (Å²) >= 11 is 0. The van der Waals surface area contributed by atoms with Crippen LogP contribution in [-0.2, 0) is 30.3 Å². The number of likely N-dealkylation sites (N-methyl/N-ethyl adjacent to an activating group) is 1. The Hall–Kier alpha value is -3.88. The first-order valence-electron chi connectivity index (χ1n) is 12.6. The van der Waals surface area contributed by atoms with Crippen molar-refractivity contribution in [3.8, 4) is 0 Å². The number of carbonyl (C=O) groups is 4. The SMILES string of the molecule is CCN(C(=O)C(Cc1ccccc1)NC(=O)OC(C)(C)C)C(C(=O)NCC(=O)OC)c1cccc(C)c1C. The van der Waals surface area contributed by atoms with Gasteiger partial charge in [-0.1, -0.05) is 48.5 Å². The van der Waals surface area contributed by atoms with E-state index in [1.165, 1.54) is 12.0 Å². The molecule has 3 amide bonds. The normalized spacial score (nSPS) is 12.6. The summed E-state index contributed by atoms with van der Waals surface area (Å²) in [5, 5.41) is 5.30. The molecule has 2 rings (SSSR count). The molecule has 9 nitrogen and oxygen atoms in total. The van der Waals surface area contributed by atoms with E-state index in [4.69, 9.17) is 4.74 Å². The molecule has 2 aromatic carbocycles. The van der Waals surface area contributed by atoms with Crippen molar-refractivity contribution in [3.05, 3.63) is 70.8 Å². The van der Waals surface area contributed by atoms with E-state index in [0.29, 0.717) is 5.56 Å². The lowest BCUT2D eigenvalue weighted by atomic mass is 9.94. The fourth-order valence-electron chi connectivity index (χ4n) is 4.01. The van der Waals surface area contributed by atoms with Gasteiger partial charge in [0.15, 0.2) is 0 Å². The predicted octanol–water partition coefficient (Wildman–Crippen LogP) is 3.62. The largest absolute Gasteiger partial charge is 0.468 e. The molecule has 2 atom stereocenters. The van der Waals surface area contributed by atoms with Gasteiger partial charge in [-0.15, -0.1) is 0 Å². The number of amides is 3. The van der Waals surface area contributed by atoms with E-state index in [0.717, 1.165) is 16.7 Å². The Labute approximate surface area is 224 Å². The van der Waals surface area contributed by atoms with E-state index in [1.807, 2.05) is 56.3 Å². The van der Waals surface area contributed by atoms with Crippen LogP contribution in [0.1, 0.15) is 56.0 Å². The van der Waals surface area contributed by atoms with Crippen LogP contribution in [0.5, 0.6) is 0 Å². The fourth-order valence-corrected chi connectivity index (χ4v) is 4.01. The van der Waals surface area contributed by atoms with Crippen LogP contribution in [0.2, 0.25) is 0 Å². The molecular formula is C29H39N3O6. The van der Waals surface area contributed by atoms with Gasteiger partial charge in [0.05, 0.1) is 7.11 Å². The summed E-state index contributed by atoms with van der Waals surface area (Å²) in [5.74, 6) is -1.60. The molecule has 0 saturated carbocycles. The fraction of sp³-hybridized carbons (Fsp3) is 0.448. The van der Waals surface area contributed by atoms with E-state index in [1.54, 1.807) is 33.8 Å². The summed E-state index contributed by atoms with van der Waals surface area (Å²) < 4.78 is 10.1. The van der Waals surface area contributed by atoms with Gasteiger partial charge in [0, 0.05) is 13.0 Å². The van der Waals surface area contributed by atoms with Crippen LogP contribution in [-0.4, -0.2) is 60.6 Å². The summed E-state index contributed by atoms with van der Waals surface area (Å²) in [6.07, 6.45) is -0.542. The van der Waals surface area contributed by atoms with Gasteiger partial charge >= 0.3 is 12.1 Å². The lowest BCUT2D eigenvalue weighted by Crippen LogP contribution is -2.54. The highest BCUT2D eigenvalue weighted by molar-refractivity contribution is 5.93. The van der Waals surface area contributed by atoms with E-state index < -0.39 is 41.6 Å². The molecule has 38 heavy (non-hydrogen) atoms. The maximum absolute atomic E-state index is 14.1. The number of esters is 1. The zero-order valence-electron chi connectivity index (χ0n) is 23.3.